The lowest BCUT2D eigenvalue weighted by atomic mass is 10.1. The number of nitrogens with zero attached hydrogens (tertiary/aromatic N) is 2. The SMILES string of the molecule is O=S(=O)(c1ccc(Nc2ncc(C=Cc3ccc(F)c4[nH]ccc34)cn2)cc1)C1CCNCC1. The molecule has 0 bridgehead atoms. The van der Waals surface area contributed by atoms with Gasteiger partial charge in [0.25, 0.3) is 0 Å². The summed E-state index contributed by atoms with van der Waals surface area (Å²) < 4.78 is 39.5. The van der Waals surface area contributed by atoms with E-state index in [-0.39, 0.29) is 11.1 Å². The molecule has 174 valence electrons. The van der Waals surface area contributed by atoms with Crippen LogP contribution in [0.1, 0.15) is 24.0 Å². The van der Waals surface area contributed by atoms with Crippen molar-refractivity contribution in [2.45, 2.75) is 23.0 Å². The molecule has 3 heterocycles. The Morgan fingerprint density at radius 3 is 2.44 bits per heavy atom. The van der Waals surface area contributed by atoms with Crippen LogP contribution in [0.5, 0.6) is 0 Å². The van der Waals surface area contributed by atoms with Gasteiger partial charge >= 0.3 is 0 Å². The number of aromatic amines is 1. The normalized spacial score (nSPS) is 15.2. The molecule has 34 heavy (non-hydrogen) atoms. The van der Waals surface area contributed by atoms with Crippen molar-refractivity contribution in [1.29, 1.82) is 0 Å². The van der Waals surface area contributed by atoms with E-state index < -0.39 is 9.84 Å². The van der Waals surface area contributed by atoms with Gasteiger partial charge in [0.1, 0.15) is 5.82 Å². The van der Waals surface area contributed by atoms with Gasteiger partial charge in [-0.25, -0.2) is 22.8 Å². The molecule has 1 aliphatic rings. The molecule has 2 aromatic carbocycles. The van der Waals surface area contributed by atoms with Gasteiger partial charge in [-0.05, 0) is 67.9 Å². The molecule has 0 radical (unpaired) electrons. The summed E-state index contributed by atoms with van der Waals surface area (Å²) in [6.07, 6.45) is 10.1. The highest BCUT2D eigenvalue weighted by Crippen LogP contribution is 2.25. The standard InChI is InChI=1S/C25H24FN5O2S/c26-23-8-3-18(22-11-14-28-24(22)23)2-1-17-15-29-25(30-16-17)31-19-4-6-20(7-5-19)34(32,33)21-9-12-27-13-10-21/h1-8,11,14-16,21,27-28H,9-10,12-13H2,(H,29,30,31). The number of benzene rings is 2. The second-order valence-corrected chi connectivity index (χ2v) is 10.4. The van der Waals surface area contributed by atoms with Crippen LogP contribution in [0.15, 0.2) is 66.0 Å². The third-order valence-electron chi connectivity index (χ3n) is 6.00. The summed E-state index contributed by atoms with van der Waals surface area (Å²) >= 11 is 0. The second kappa shape index (κ2) is 9.36. The first kappa shape index (κ1) is 22.2. The number of fused-ring (bicyclic) bond motifs is 1. The first-order valence-electron chi connectivity index (χ1n) is 11.1. The molecule has 0 atom stereocenters. The molecule has 1 saturated heterocycles. The Morgan fingerprint density at radius 2 is 1.71 bits per heavy atom. The quantitative estimate of drug-likeness (QED) is 0.377. The van der Waals surface area contributed by atoms with Crippen LogP contribution in [0.3, 0.4) is 0 Å². The average Bonchev–Trinajstić information content (AvgIpc) is 3.37. The summed E-state index contributed by atoms with van der Waals surface area (Å²) in [5.74, 6) is 0.119. The van der Waals surface area contributed by atoms with Crippen molar-refractivity contribution in [2.75, 3.05) is 18.4 Å². The summed E-state index contributed by atoms with van der Waals surface area (Å²) in [6.45, 7) is 1.46. The highest BCUT2D eigenvalue weighted by molar-refractivity contribution is 7.92. The number of sulfone groups is 1. The largest absolute Gasteiger partial charge is 0.359 e. The van der Waals surface area contributed by atoms with E-state index in [1.807, 2.05) is 18.2 Å². The average molecular weight is 478 g/mol. The van der Waals surface area contributed by atoms with Crippen molar-refractivity contribution in [1.82, 2.24) is 20.3 Å². The number of hydrogen-bond acceptors (Lipinski definition) is 6. The van der Waals surface area contributed by atoms with E-state index in [4.69, 9.17) is 0 Å². The summed E-state index contributed by atoms with van der Waals surface area (Å²) in [5, 5.41) is 6.76. The molecule has 0 saturated carbocycles. The number of aromatic nitrogens is 3. The number of piperidine rings is 1. The van der Waals surface area contributed by atoms with E-state index in [1.165, 1.54) is 6.07 Å². The Bertz CT molecular complexity index is 1420. The van der Waals surface area contributed by atoms with Gasteiger partial charge in [0, 0.05) is 35.2 Å². The highest BCUT2D eigenvalue weighted by atomic mass is 32.2. The Balaban J connectivity index is 1.26. The molecule has 0 spiro atoms. The van der Waals surface area contributed by atoms with E-state index in [9.17, 15) is 12.8 Å². The Hall–Kier alpha value is -3.56. The molecule has 4 aromatic rings. The van der Waals surface area contributed by atoms with Gasteiger partial charge in [-0.3, -0.25) is 0 Å². The fraction of sp³-hybridized carbons (Fsp3) is 0.200. The van der Waals surface area contributed by atoms with Crippen molar-refractivity contribution >= 4 is 44.5 Å². The first-order chi connectivity index (χ1) is 16.5. The number of hydrogen-bond donors (Lipinski definition) is 3. The predicted molar refractivity (Wildman–Crippen MR) is 132 cm³/mol. The van der Waals surface area contributed by atoms with Crippen LogP contribution in [0.25, 0.3) is 23.1 Å². The minimum atomic E-state index is -3.33. The van der Waals surface area contributed by atoms with Crippen molar-refractivity contribution in [3.05, 3.63) is 78.0 Å². The van der Waals surface area contributed by atoms with Gasteiger partial charge in [-0.1, -0.05) is 18.2 Å². The Morgan fingerprint density at radius 1 is 0.971 bits per heavy atom. The molecule has 5 rings (SSSR count). The zero-order valence-electron chi connectivity index (χ0n) is 18.3. The van der Waals surface area contributed by atoms with Crippen LogP contribution in [-0.2, 0) is 9.84 Å². The molecule has 3 N–H and O–H groups in total. The monoisotopic (exact) mass is 477 g/mol. The Kier molecular flexibility index (Phi) is 6.12. The zero-order valence-corrected chi connectivity index (χ0v) is 19.1. The zero-order chi connectivity index (χ0) is 23.5. The summed E-state index contributed by atoms with van der Waals surface area (Å²) in [4.78, 5) is 11.9. The van der Waals surface area contributed by atoms with Crippen molar-refractivity contribution < 1.29 is 12.8 Å². The van der Waals surface area contributed by atoms with Gasteiger partial charge in [-0.15, -0.1) is 0 Å². The van der Waals surface area contributed by atoms with E-state index in [0.717, 1.165) is 29.6 Å². The van der Waals surface area contributed by atoms with Crippen LogP contribution >= 0.6 is 0 Å². The highest BCUT2D eigenvalue weighted by Gasteiger charge is 2.28. The predicted octanol–water partition coefficient (Wildman–Crippen LogP) is 4.54. The Labute approximate surface area is 197 Å². The van der Waals surface area contributed by atoms with Crippen LogP contribution in [-0.4, -0.2) is 41.7 Å². The lowest BCUT2D eigenvalue weighted by Crippen LogP contribution is -2.35. The van der Waals surface area contributed by atoms with Gasteiger partial charge in [-0.2, -0.15) is 0 Å². The van der Waals surface area contributed by atoms with Gasteiger partial charge in [0.2, 0.25) is 5.95 Å². The molecule has 0 unspecified atom stereocenters. The van der Waals surface area contributed by atoms with Gasteiger partial charge < -0.3 is 15.6 Å². The number of nitrogens with one attached hydrogen (secondary N) is 3. The molecule has 0 amide bonds. The fourth-order valence-corrected chi connectivity index (χ4v) is 5.88. The van der Waals surface area contributed by atoms with Crippen LogP contribution in [0.2, 0.25) is 0 Å². The van der Waals surface area contributed by atoms with E-state index in [2.05, 4.69) is 25.6 Å². The lowest BCUT2D eigenvalue weighted by molar-refractivity contribution is 0.496. The second-order valence-electron chi connectivity index (χ2n) is 8.22. The molecule has 2 aromatic heterocycles. The van der Waals surface area contributed by atoms with Gasteiger partial charge in [0.15, 0.2) is 9.84 Å². The smallest absolute Gasteiger partial charge is 0.227 e. The number of H-pyrrole nitrogens is 1. The van der Waals surface area contributed by atoms with Crippen molar-refractivity contribution in [3.8, 4) is 0 Å². The van der Waals surface area contributed by atoms with Crippen molar-refractivity contribution in [3.63, 3.8) is 0 Å². The van der Waals surface area contributed by atoms with Gasteiger partial charge in [0.05, 0.1) is 15.7 Å². The molecule has 1 aliphatic heterocycles. The third-order valence-corrected chi connectivity index (χ3v) is 8.28. The summed E-state index contributed by atoms with van der Waals surface area (Å²) in [6, 6.07) is 11.7. The maximum atomic E-state index is 13.8. The third kappa shape index (κ3) is 4.57. The minimum absolute atomic E-state index is 0.284. The lowest BCUT2D eigenvalue weighted by Gasteiger charge is -2.22. The molecule has 7 nitrogen and oxygen atoms in total. The maximum Gasteiger partial charge on any atom is 0.227 e. The molecule has 0 aliphatic carbocycles. The van der Waals surface area contributed by atoms with Crippen molar-refractivity contribution in [2.24, 2.45) is 0 Å². The fourth-order valence-electron chi connectivity index (χ4n) is 4.12. The summed E-state index contributed by atoms with van der Waals surface area (Å²) in [5.41, 5.74) is 2.86. The number of halogens is 1. The van der Waals surface area contributed by atoms with Crippen LogP contribution in [0, 0.1) is 5.82 Å². The van der Waals surface area contributed by atoms with E-state index >= 15 is 0 Å². The van der Waals surface area contributed by atoms with Crippen LogP contribution < -0.4 is 10.6 Å². The first-order valence-corrected chi connectivity index (χ1v) is 12.6. The molecular formula is C25H24FN5O2S. The maximum absolute atomic E-state index is 13.8. The minimum Gasteiger partial charge on any atom is -0.359 e. The molecular weight excluding hydrogens is 453 g/mol. The van der Waals surface area contributed by atoms with Crippen LogP contribution in [0.4, 0.5) is 16.0 Å². The topological polar surface area (TPSA) is 99.8 Å². The van der Waals surface area contributed by atoms with E-state index in [0.29, 0.717) is 34.9 Å². The molecule has 9 heteroatoms. The summed E-state index contributed by atoms with van der Waals surface area (Å²) in [7, 11) is -3.33. The number of anilines is 2. The molecule has 1 fully saturated rings. The van der Waals surface area contributed by atoms with E-state index in [1.54, 1.807) is 48.9 Å². The number of rotatable bonds is 6.